The number of hydrogen-bond acceptors (Lipinski definition) is 4. The maximum Gasteiger partial charge on any atom is 0.316 e. The Balaban J connectivity index is 1.98. The summed E-state index contributed by atoms with van der Waals surface area (Å²) >= 11 is 0. The highest BCUT2D eigenvalue weighted by molar-refractivity contribution is 5.30. The van der Waals surface area contributed by atoms with Crippen molar-refractivity contribution in [2.45, 2.75) is 25.4 Å². The monoisotopic (exact) mass is 165 g/mol. The van der Waals surface area contributed by atoms with Gasteiger partial charge >= 0.3 is 6.01 Å². The van der Waals surface area contributed by atoms with Gasteiger partial charge in [-0.1, -0.05) is 0 Å². The molecule has 0 aliphatic heterocycles. The first-order valence-corrected chi connectivity index (χ1v) is 4.09. The molecule has 12 heavy (non-hydrogen) atoms. The highest BCUT2D eigenvalue weighted by Crippen LogP contribution is 2.22. The molecule has 1 fully saturated rings. The lowest BCUT2D eigenvalue weighted by atomic mass is 9.96. The summed E-state index contributed by atoms with van der Waals surface area (Å²) in [5.74, 6) is 0. The van der Waals surface area contributed by atoms with E-state index in [0.29, 0.717) is 17.8 Å². The van der Waals surface area contributed by atoms with E-state index in [9.17, 15) is 0 Å². The minimum Gasteiger partial charge on any atom is -0.460 e. The number of anilines is 1. The van der Waals surface area contributed by atoms with Crippen molar-refractivity contribution in [3.63, 3.8) is 0 Å². The minimum atomic E-state index is 0.327. The second-order valence-corrected chi connectivity index (χ2v) is 2.97. The third kappa shape index (κ3) is 1.47. The molecule has 1 aromatic heterocycles. The average Bonchev–Trinajstić information content (AvgIpc) is 2.00. The van der Waals surface area contributed by atoms with Crippen LogP contribution in [0.3, 0.4) is 0 Å². The van der Waals surface area contributed by atoms with E-state index in [4.69, 9.17) is 10.5 Å². The molecule has 0 saturated heterocycles. The fourth-order valence-electron chi connectivity index (χ4n) is 1.02. The second-order valence-electron chi connectivity index (χ2n) is 2.97. The smallest absolute Gasteiger partial charge is 0.316 e. The van der Waals surface area contributed by atoms with Gasteiger partial charge in [0.05, 0.1) is 18.1 Å². The molecule has 0 spiro atoms. The summed E-state index contributed by atoms with van der Waals surface area (Å²) in [5, 5.41) is 0. The van der Waals surface area contributed by atoms with Crippen molar-refractivity contribution in [1.82, 2.24) is 9.97 Å². The van der Waals surface area contributed by atoms with Crippen LogP contribution < -0.4 is 10.5 Å². The van der Waals surface area contributed by atoms with Gasteiger partial charge in [0.15, 0.2) is 0 Å². The number of nitrogen functional groups attached to an aromatic ring is 1. The van der Waals surface area contributed by atoms with Crippen LogP contribution in [0.2, 0.25) is 0 Å². The van der Waals surface area contributed by atoms with Crippen molar-refractivity contribution in [2.75, 3.05) is 5.73 Å². The van der Waals surface area contributed by atoms with Crippen LogP contribution in [-0.2, 0) is 0 Å². The number of rotatable bonds is 2. The normalized spacial score (nSPS) is 17.0. The Kier molecular flexibility index (Phi) is 1.81. The van der Waals surface area contributed by atoms with Crippen molar-refractivity contribution < 1.29 is 4.74 Å². The molecule has 0 amide bonds. The van der Waals surface area contributed by atoms with Gasteiger partial charge in [-0.25, -0.2) is 9.97 Å². The SMILES string of the molecule is Nc1cnc(OC2CCC2)nc1. The van der Waals surface area contributed by atoms with Gasteiger partial charge in [-0.15, -0.1) is 0 Å². The van der Waals surface area contributed by atoms with Crippen LogP contribution in [-0.4, -0.2) is 16.1 Å². The molecule has 2 rings (SSSR count). The molecule has 1 heterocycles. The van der Waals surface area contributed by atoms with Crippen LogP contribution in [0.25, 0.3) is 0 Å². The van der Waals surface area contributed by atoms with E-state index in [1.54, 1.807) is 12.4 Å². The summed E-state index contributed by atoms with van der Waals surface area (Å²) < 4.78 is 5.43. The molecule has 4 heteroatoms. The van der Waals surface area contributed by atoms with Gasteiger partial charge in [0.25, 0.3) is 0 Å². The summed E-state index contributed by atoms with van der Waals surface area (Å²) in [6.45, 7) is 0. The fourth-order valence-corrected chi connectivity index (χ4v) is 1.02. The van der Waals surface area contributed by atoms with Crippen LogP contribution in [0.1, 0.15) is 19.3 Å². The first kappa shape index (κ1) is 7.34. The highest BCUT2D eigenvalue weighted by Gasteiger charge is 2.19. The lowest BCUT2D eigenvalue weighted by Gasteiger charge is -2.24. The van der Waals surface area contributed by atoms with E-state index in [0.717, 1.165) is 12.8 Å². The van der Waals surface area contributed by atoms with E-state index in [2.05, 4.69) is 9.97 Å². The van der Waals surface area contributed by atoms with Gasteiger partial charge < -0.3 is 10.5 Å². The van der Waals surface area contributed by atoms with Gasteiger partial charge in [-0.2, -0.15) is 0 Å². The summed E-state index contributed by atoms with van der Waals surface area (Å²) in [6.07, 6.45) is 6.93. The largest absolute Gasteiger partial charge is 0.460 e. The first-order chi connectivity index (χ1) is 5.84. The van der Waals surface area contributed by atoms with Crippen LogP contribution in [0.4, 0.5) is 5.69 Å². The molecule has 1 aliphatic rings. The predicted octanol–water partition coefficient (Wildman–Crippen LogP) is 0.990. The Labute approximate surface area is 70.8 Å². The molecule has 0 atom stereocenters. The second kappa shape index (κ2) is 2.97. The molecule has 1 aliphatic carbocycles. The van der Waals surface area contributed by atoms with Gasteiger partial charge in [-0.05, 0) is 19.3 Å². The zero-order valence-electron chi connectivity index (χ0n) is 6.73. The Morgan fingerprint density at radius 1 is 1.33 bits per heavy atom. The summed E-state index contributed by atoms with van der Waals surface area (Å²) in [6, 6.07) is 0.439. The number of hydrogen-bond donors (Lipinski definition) is 1. The van der Waals surface area contributed by atoms with Crippen molar-refractivity contribution >= 4 is 5.69 Å². The van der Waals surface area contributed by atoms with Crippen LogP contribution in [0.5, 0.6) is 6.01 Å². The molecule has 64 valence electrons. The molecule has 1 aromatic rings. The summed E-state index contributed by atoms with van der Waals surface area (Å²) in [5.41, 5.74) is 5.99. The summed E-state index contributed by atoms with van der Waals surface area (Å²) in [7, 11) is 0. The van der Waals surface area contributed by atoms with E-state index < -0.39 is 0 Å². The van der Waals surface area contributed by atoms with Crippen LogP contribution in [0, 0.1) is 0 Å². The zero-order valence-corrected chi connectivity index (χ0v) is 6.73. The van der Waals surface area contributed by atoms with Gasteiger partial charge in [0, 0.05) is 0 Å². The fraction of sp³-hybridized carbons (Fsp3) is 0.500. The Morgan fingerprint density at radius 2 is 2.00 bits per heavy atom. The van der Waals surface area contributed by atoms with Crippen molar-refractivity contribution in [2.24, 2.45) is 0 Å². The third-order valence-electron chi connectivity index (χ3n) is 1.97. The minimum absolute atomic E-state index is 0.327. The van der Waals surface area contributed by atoms with E-state index in [1.807, 2.05) is 0 Å². The summed E-state index contributed by atoms with van der Waals surface area (Å²) in [4.78, 5) is 7.88. The highest BCUT2D eigenvalue weighted by atomic mass is 16.5. The van der Waals surface area contributed by atoms with Crippen molar-refractivity contribution in [3.05, 3.63) is 12.4 Å². The van der Waals surface area contributed by atoms with Gasteiger partial charge in [-0.3, -0.25) is 0 Å². The average molecular weight is 165 g/mol. The molecule has 4 nitrogen and oxygen atoms in total. The maximum atomic E-state index is 5.43. The zero-order chi connectivity index (χ0) is 8.39. The molecule has 0 bridgehead atoms. The van der Waals surface area contributed by atoms with Crippen LogP contribution >= 0.6 is 0 Å². The quantitative estimate of drug-likeness (QED) is 0.709. The molecular formula is C8H11N3O. The van der Waals surface area contributed by atoms with Gasteiger partial charge in [0.2, 0.25) is 0 Å². The van der Waals surface area contributed by atoms with Crippen molar-refractivity contribution in [1.29, 1.82) is 0 Å². The number of nitrogens with zero attached hydrogens (tertiary/aromatic N) is 2. The van der Waals surface area contributed by atoms with Crippen LogP contribution in [0.15, 0.2) is 12.4 Å². The lowest BCUT2D eigenvalue weighted by molar-refractivity contribution is 0.108. The molecule has 0 radical (unpaired) electrons. The maximum absolute atomic E-state index is 5.43. The predicted molar refractivity (Wildman–Crippen MR) is 44.7 cm³/mol. The van der Waals surface area contributed by atoms with E-state index in [-0.39, 0.29) is 0 Å². The molecular weight excluding hydrogens is 154 g/mol. The molecule has 1 saturated carbocycles. The standard InChI is InChI=1S/C8H11N3O/c9-6-4-10-8(11-5-6)12-7-2-1-3-7/h4-5,7H,1-3,9H2. The Bertz CT molecular complexity index is 256. The Morgan fingerprint density at radius 3 is 2.50 bits per heavy atom. The lowest BCUT2D eigenvalue weighted by Crippen LogP contribution is -2.25. The Hall–Kier alpha value is -1.32. The number of ether oxygens (including phenoxy) is 1. The van der Waals surface area contributed by atoms with E-state index >= 15 is 0 Å². The first-order valence-electron chi connectivity index (χ1n) is 4.09. The molecule has 2 N–H and O–H groups in total. The number of nitrogens with two attached hydrogens (primary N) is 1. The molecule has 0 aromatic carbocycles. The van der Waals surface area contributed by atoms with Gasteiger partial charge in [0.1, 0.15) is 6.10 Å². The number of aromatic nitrogens is 2. The topological polar surface area (TPSA) is 61.0 Å². The molecule has 0 unspecified atom stereocenters. The van der Waals surface area contributed by atoms with E-state index in [1.165, 1.54) is 6.42 Å². The van der Waals surface area contributed by atoms with Crippen molar-refractivity contribution in [3.8, 4) is 6.01 Å². The third-order valence-corrected chi connectivity index (χ3v) is 1.97.